The van der Waals surface area contributed by atoms with Crippen LogP contribution in [0.5, 0.6) is 0 Å². The van der Waals surface area contributed by atoms with Crippen LogP contribution in [-0.2, 0) is 82.4 Å². The van der Waals surface area contributed by atoms with Gasteiger partial charge in [-0.25, -0.2) is 19.6 Å². The second-order valence-electron chi connectivity index (χ2n) is 34.0. The Morgan fingerprint density at radius 1 is 0.523 bits per heavy atom. The van der Waals surface area contributed by atoms with E-state index in [4.69, 9.17) is 56.8 Å². The maximum absolute atomic E-state index is 13.9. The van der Waals surface area contributed by atoms with E-state index in [1.54, 1.807) is 14.2 Å². The second-order valence-corrected chi connectivity index (χ2v) is 34.9. The summed E-state index contributed by atoms with van der Waals surface area (Å²) in [7, 11) is 2.03. The van der Waals surface area contributed by atoms with Crippen LogP contribution in [0.25, 0.3) is 22.1 Å². The van der Waals surface area contributed by atoms with Crippen molar-refractivity contribution >= 4 is 88.6 Å². The van der Waals surface area contributed by atoms with Crippen molar-refractivity contribution in [3.8, 4) is 0 Å². The normalized spacial score (nSPS) is 20.5. The summed E-state index contributed by atoms with van der Waals surface area (Å²) < 4.78 is 63.6. The Kier molecular flexibility index (Phi) is 28.8. The van der Waals surface area contributed by atoms with E-state index in [1.807, 2.05) is 219 Å². The molecule has 2 N–H and O–H groups in total. The Labute approximate surface area is 646 Å². The van der Waals surface area contributed by atoms with Gasteiger partial charge in [0.15, 0.2) is 0 Å². The van der Waals surface area contributed by atoms with Crippen molar-refractivity contribution in [2.24, 2.45) is 0 Å². The molecule has 107 heavy (non-hydrogen) atoms. The van der Waals surface area contributed by atoms with E-state index >= 15 is 0 Å². The monoisotopic (exact) mass is 1540 g/mol. The summed E-state index contributed by atoms with van der Waals surface area (Å²) in [5.74, 6) is 2.37. The summed E-state index contributed by atoms with van der Waals surface area (Å²) >= 11 is 3.47. The molecule has 5 aliphatic rings. The number of likely N-dealkylation sites (tertiary alicyclic amines) is 2. The first-order valence-electron chi connectivity index (χ1n) is 38.0. The fourth-order valence-electron chi connectivity index (χ4n) is 13.8. The first-order chi connectivity index (χ1) is 49.7. The molecule has 6 aromatic rings. The number of piperidine rings is 2. The number of ether oxygens (including phenoxy) is 4. The van der Waals surface area contributed by atoms with E-state index in [2.05, 4.69) is 47.8 Å². The number of imidazole rings is 2. The number of halogens is 1. The van der Waals surface area contributed by atoms with Crippen LogP contribution in [0, 0.1) is 0 Å². The lowest BCUT2D eigenvalue weighted by Crippen LogP contribution is -2.46. The van der Waals surface area contributed by atoms with E-state index < -0.39 is 61.8 Å². The van der Waals surface area contributed by atoms with E-state index in [-0.39, 0.29) is 72.4 Å². The van der Waals surface area contributed by atoms with Crippen LogP contribution in [0.2, 0.25) is 0 Å². The number of methoxy groups -OCH3 is 2. The van der Waals surface area contributed by atoms with E-state index in [0.29, 0.717) is 52.2 Å². The van der Waals surface area contributed by atoms with Crippen molar-refractivity contribution in [1.29, 1.82) is 0 Å². The molecule has 5 saturated heterocycles. The van der Waals surface area contributed by atoms with Gasteiger partial charge in [-0.3, -0.25) is 9.59 Å². The van der Waals surface area contributed by atoms with E-state index in [0.717, 1.165) is 106 Å². The topological polar surface area (TPSA) is 227 Å². The van der Waals surface area contributed by atoms with Gasteiger partial charge in [0.1, 0.15) is 22.9 Å². The zero-order valence-electron chi connectivity index (χ0n) is 66.8. The Morgan fingerprint density at radius 3 is 1.22 bits per heavy atom. The molecule has 4 aromatic carbocycles. The standard InChI is InChI=1S/C37H53BN4O6.C31H41BrN4O4.C12H24B2O4.CH4/c1-35(2,3)46-34(44)39-29(23-26-16-18-28(19-17-26)38-47-36(4,5)37(6,7)48-38)24-32(43)41-20-11-13-27(25-41)33-40-30-14-9-10-15-31(30)42(33)21-12-22-45-8;1-31(2,3)40-30(38)33-25(19-22-12-14-24(32)15-13-22)20-28(37)35-16-7-9-23(21-35)29-34-26-10-5-6-11-27(26)36(29)17-8-18-39-4;1-9(2)10(3,4)16-13(15-9)14-17-11(5,6)12(7,8)18-14;/h9-10,14-19,27,29H,11-13,20-25H2,1-8H3,(H,39,44);5-6,10-15,23,25H,7-9,16-21H2,1-4H3,(H,33,38);1-8H3;1H4/t27-,29-;23-,25-;;/m11../s1. The van der Waals surface area contributed by atoms with Crippen molar-refractivity contribution in [2.45, 2.75) is 278 Å². The molecular formula is C81H122B3BrN8O14. The zero-order chi connectivity index (χ0) is 77.4. The lowest BCUT2D eigenvalue weighted by molar-refractivity contribution is -0.133. The molecule has 0 aliphatic carbocycles. The molecule has 4 atom stereocenters. The van der Waals surface area contributed by atoms with Gasteiger partial charge in [0.2, 0.25) is 11.8 Å². The van der Waals surface area contributed by atoms with Gasteiger partial charge >= 0.3 is 33.3 Å². The van der Waals surface area contributed by atoms with E-state index in [9.17, 15) is 19.2 Å². The molecule has 11 rings (SSSR count). The number of fused-ring (bicyclic) bond motifs is 2. The van der Waals surface area contributed by atoms with Gasteiger partial charge in [0, 0.05) is 108 Å². The van der Waals surface area contributed by atoms with Crippen LogP contribution < -0.4 is 16.1 Å². The summed E-state index contributed by atoms with van der Waals surface area (Å²) in [5.41, 5.74) is 3.57. The number of rotatable bonds is 22. The Morgan fingerprint density at radius 2 is 0.869 bits per heavy atom. The Hall–Kier alpha value is -6.35. The third-order valence-electron chi connectivity index (χ3n) is 21.5. The summed E-state index contributed by atoms with van der Waals surface area (Å²) in [6.45, 7) is 40.9. The fraction of sp³-hybridized carbons (Fsp3) is 0.630. The molecule has 0 saturated carbocycles. The number of aromatic nitrogens is 4. The van der Waals surface area contributed by atoms with Crippen LogP contribution in [0.15, 0.2) is 102 Å². The molecule has 7 heterocycles. The smallest absolute Gasteiger partial charge is 0.444 e. The van der Waals surface area contributed by atoms with Crippen LogP contribution >= 0.6 is 15.9 Å². The molecule has 2 aromatic heterocycles. The minimum atomic E-state index is -0.655. The predicted octanol–water partition coefficient (Wildman–Crippen LogP) is 14.6. The summed E-state index contributed by atoms with van der Waals surface area (Å²) in [5, 5.41) is 5.95. The molecule has 22 nitrogen and oxygen atoms in total. The Bertz CT molecular complexity index is 3850. The number of hydrogen-bond donors (Lipinski definition) is 2. The maximum Gasteiger partial charge on any atom is 0.494 e. The largest absolute Gasteiger partial charge is 0.494 e. The van der Waals surface area contributed by atoms with Crippen LogP contribution in [0.3, 0.4) is 0 Å². The second kappa shape index (κ2) is 35.8. The van der Waals surface area contributed by atoms with Gasteiger partial charge in [-0.1, -0.05) is 84.0 Å². The minimum Gasteiger partial charge on any atom is -0.444 e. The molecular weight excluding hydrogens is 1420 g/mol. The molecule has 0 radical (unpaired) electrons. The molecule has 586 valence electrons. The van der Waals surface area contributed by atoms with Gasteiger partial charge in [0.05, 0.1) is 55.7 Å². The first kappa shape index (κ1) is 86.3. The average molecular weight is 1540 g/mol. The number of hydrogen-bond acceptors (Lipinski definition) is 16. The summed E-state index contributed by atoms with van der Waals surface area (Å²) in [6, 6.07) is 31.6. The summed E-state index contributed by atoms with van der Waals surface area (Å²) in [6.07, 6.45) is 5.85. The van der Waals surface area contributed by atoms with Crippen molar-refractivity contribution in [2.75, 3.05) is 53.6 Å². The number of benzene rings is 4. The molecule has 4 amide bonds. The third kappa shape index (κ3) is 22.7. The lowest BCUT2D eigenvalue weighted by atomic mass is 9.49. The lowest BCUT2D eigenvalue weighted by Gasteiger charge is -2.34. The summed E-state index contributed by atoms with van der Waals surface area (Å²) in [4.78, 5) is 67.1. The number of carbonyl (C=O) groups is 4. The quantitative estimate of drug-likeness (QED) is 0.0476. The Balaban J connectivity index is 0.000000220. The highest BCUT2D eigenvalue weighted by Crippen LogP contribution is 2.44. The minimum absolute atomic E-state index is 0. The zero-order valence-corrected chi connectivity index (χ0v) is 68.4. The number of para-hydroxylation sites is 4. The van der Waals surface area contributed by atoms with Crippen molar-refractivity contribution < 1.29 is 66.1 Å². The fourth-order valence-corrected chi connectivity index (χ4v) is 14.1. The molecule has 26 heteroatoms. The van der Waals surface area contributed by atoms with Gasteiger partial charge in [-0.2, -0.15) is 0 Å². The van der Waals surface area contributed by atoms with Crippen LogP contribution in [-0.4, -0.2) is 185 Å². The number of amides is 4. The van der Waals surface area contributed by atoms with Crippen molar-refractivity contribution in [3.05, 3.63) is 124 Å². The number of nitrogens with one attached hydrogen (secondary N) is 2. The molecule has 0 spiro atoms. The van der Waals surface area contributed by atoms with Crippen LogP contribution in [0.4, 0.5) is 9.59 Å². The highest BCUT2D eigenvalue weighted by atomic mass is 79.9. The molecule has 5 fully saturated rings. The van der Waals surface area contributed by atoms with Gasteiger partial charge < -0.3 is 76.4 Å². The number of carbonyl (C=O) groups excluding carboxylic acids is 4. The highest BCUT2D eigenvalue weighted by Gasteiger charge is 2.64. The predicted molar refractivity (Wildman–Crippen MR) is 428 cm³/mol. The number of aryl methyl sites for hydroxylation is 2. The van der Waals surface area contributed by atoms with Crippen molar-refractivity contribution in [1.82, 2.24) is 39.5 Å². The van der Waals surface area contributed by atoms with Gasteiger partial charge in [0.25, 0.3) is 0 Å². The average Bonchev–Trinajstić information content (AvgIpc) is 1.60. The highest BCUT2D eigenvalue weighted by molar-refractivity contribution is 9.10. The van der Waals surface area contributed by atoms with Gasteiger partial charge in [-0.15, -0.1) is 0 Å². The van der Waals surface area contributed by atoms with Crippen LogP contribution in [0.1, 0.15) is 218 Å². The first-order valence-corrected chi connectivity index (χ1v) is 38.8. The van der Waals surface area contributed by atoms with Gasteiger partial charge in [-0.05, 0) is 229 Å². The number of nitrogens with zero attached hydrogens (tertiary/aromatic N) is 6. The molecule has 0 bridgehead atoms. The maximum atomic E-state index is 13.9. The number of alkyl carbamates (subject to hydrolysis) is 2. The SMILES string of the molecule is C.CC1(C)OB(B2OC(C)(C)C(C)(C)O2)OC1(C)C.COCCCn1c([C@@H]2CCCN(C(=O)C[C@@H](Cc3ccc(B4OC(C)(C)C(C)(C)O4)cc3)NC(=O)OC(C)(C)C)C2)nc2ccccc21.COCCCn1c([C@@H]2CCCN(C(=O)C[C@@H](Cc3ccc(Br)cc3)NC(=O)OC(C)(C)C)C2)nc2ccccc21. The molecule has 5 aliphatic heterocycles. The van der Waals surface area contributed by atoms with Crippen molar-refractivity contribution in [3.63, 3.8) is 0 Å². The van der Waals surface area contributed by atoms with E-state index in [1.165, 1.54) is 0 Å². The third-order valence-corrected chi connectivity index (χ3v) is 22.1. The molecule has 0 unspecified atom stereocenters.